The molecule has 0 aliphatic carbocycles. The van der Waals surface area contributed by atoms with E-state index < -0.39 is 0 Å². The fourth-order valence-electron chi connectivity index (χ4n) is 2.67. The summed E-state index contributed by atoms with van der Waals surface area (Å²) in [5.41, 5.74) is 1.60. The van der Waals surface area contributed by atoms with E-state index in [4.69, 9.17) is 0 Å². The van der Waals surface area contributed by atoms with Crippen molar-refractivity contribution in [1.82, 2.24) is 4.57 Å². The number of benzene rings is 2. The van der Waals surface area contributed by atoms with Gasteiger partial charge in [-0.05, 0) is 41.8 Å². The maximum Gasteiger partial charge on any atom is 0.273 e. The number of pyridine rings is 1. The third kappa shape index (κ3) is 1.76. The second-order valence-corrected chi connectivity index (χ2v) is 5.76. The predicted octanol–water partition coefficient (Wildman–Crippen LogP) is 3.91. The molecule has 0 aliphatic heterocycles. The van der Waals surface area contributed by atoms with Gasteiger partial charge in [0.05, 0.1) is 5.52 Å². The molecule has 0 atom stereocenters. The van der Waals surface area contributed by atoms with Crippen molar-refractivity contribution in [2.75, 3.05) is 0 Å². The van der Waals surface area contributed by atoms with E-state index in [2.05, 4.69) is 0 Å². The van der Waals surface area contributed by atoms with Crippen molar-refractivity contribution in [3.63, 3.8) is 0 Å². The molecule has 4 heteroatoms. The lowest BCUT2D eigenvalue weighted by atomic mass is 10.1. The largest absolute Gasteiger partial charge is 0.508 e. The predicted molar refractivity (Wildman–Crippen MR) is 86.6 cm³/mol. The smallest absolute Gasteiger partial charge is 0.273 e. The van der Waals surface area contributed by atoms with E-state index in [1.807, 2.05) is 41.8 Å². The highest BCUT2D eigenvalue weighted by molar-refractivity contribution is 7.17. The fraction of sp³-hybridized carbons (Fsp3) is 0. The number of hydrogen-bond donors (Lipinski definition) is 1. The summed E-state index contributed by atoms with van der Waals surface area (Å²) in [4.78, 5) is 12.8. The van der Waals surface area contributed by atoms with Gasteiger partial charge >= 0.3 is 0 Å². The van der Waals surface area contributed by atoms with Crippen LogP contribution in [0.4, 0.5) is 0 Å². The molecule has 4 rings (SSSR count). The van der Waals surface area contributed by atoms with Crippen molar-refractivity contribution < 1.29 is 5.11 Å². The monoisotopic (exact) mass is 293 g/mol. The van der Waals surface area contributed by atoms with E-state index in [0.29, 0.717) is 4.70 Å². The van der Waals surface area contributed by atoms with Crippen LogP contribution in [0, 0.1) is 0 Å². The summed E-state index contributed by atoms with van der Waals surface area (Å²) in [5.74, 6) is 0.202. The maximum absolute atomic E-state index is 12.8. The maximum atomic E-state index is 12.8. The third-order valence-corrected chi connectivity index (χ3v) is 4.49. The molecule has 0 saturated heterocycles. The van der Waals surface area contributed by atoms with E-state index in [1.165, 1.54) is 11.3 Å². The highest BCUT2D eigenvalue weighted by atomic mass is 32.1. The lowest BCUT2D eigenvalue weighted by Gasteiger charge is -2.11. The summed E-state index contributed by atoms with van der Waals surface area (Å²) in [7, 11) is 0. The van der Waals surface area contributed by atoms with E-state index in [0.717, 1.165) is 22.0 Å². The van der Waals surface area contributed by atoms with Crippen LogP contribution in [-0.2, 0) is 0 Å². The van der Waals surface area contributed by atoms with E-state index in [9.17, 15) is 9.90 Å². The molecule has 0 saturated carbocycles. The van der Waals surface area contributed by atoms with Crippen molar-refractivity contribution in [2.45, 2.75) is 0 Å². The van der Waals surface area contributed by atoms with Crippen LogP contribution in [0.15, 0.2) is 64.8 Å². The van der Waals surface area contributed by atoms with Crippen LogP contribution in [0.2, 0.25) is 0 Å². The molecular weight excluding hydrogens is 282 g/mol. The minimum absolute atomic E-state index is 0.0237. The standard InChI is InChI=1S/C17H11NO2S/c19-12-6-7-15-14(10-12)13-8-9-21-16(13)17(20)18(15)11-4-2-1-3-5-11/h1-10,19H. The minimum Gasteiger partial charge on any atom is -0.508 e. The number of phenols is 1. The van der Waals surface area contributed by atoms with Crippen molar-refractivity contribution in [2.24, 2.45) is 0 Å². The van der Waals surface area contributed by atoms with Crippen LogP contribution in [0.1, 0.15) is 0 Å². The normalized spacial score (nSPS) is 11.2. The fourth-order valence-corrected chi connectivity index (χ4v) is 3.50. The number of para-hydroxylation sites is 1. The van der Waals surface area contributed by atoms with Gasteiger partial charge in [-0.25, -0.2) is 0 Å². The second kappa shape index (κ2) is 4.46. The summed E-state index contributed by atoms with van der Waals surface area (Å²) < 4.78 is 2.41. The molecule has 0 bridgehead atoms. The Morgan fingerprint density at radius 2 is 1.76 bits per heavy atom. The zero-order valence-corrected chi connectivity index (χ0v) is 11.8. The van der Waals surface area contributed by atoms with Gasteiger partial charge in [-0.3, -0.25) is 9.36 Å². The second-order valence-electron chi connectivity index (χ2n) is 4.84. The molecule has 0 fully saturated rings. The number of nitrogens with zero attached hydrogens (tertiary/aromatic N) is 1. The Morgan fingerprint density at radius 3 is 2.57 bits per heavy atom. The Bertz CT molecular complexity index is 1020. The quantitative estimate of drug-likeness (QED) is 0.578. The van der Waals surface area contributed by atoms with Crippen LogP contribution in [0.25, 0.3) is 26.7 Å². The van der Waals surface area contributed by atoms with Gasteiger partial charge in [-0.2, -0.15) is 0 Å². The molecule has 2 aromatic carbocycles. The molecule has 3 nitrogen and oxygen atoms in total. The molecule has 0 aliphatic rings. The first-order valence-corrected chi connectivity index (χ1v) is 7.44. The van der Waals surface area contributed by atoms with Gasteiger partial charge in [0.1, 0.15) is 10.4 Å². The molecule has 0 amide bonds. The molecule has 4 aromatic rings. The van der Waals surface area contributed by atoms with Gasteiger partial charge in [-0.1, -0.05) is 18.2 Å². The Hall–Kier alpha value is -2.59. The highest BCUT2D eigenvalue weighted by Gasteiger charge is 2.13. The van der Waals surface area contributed by atoms with Crippen molar-refractivity contribution >= 4 is 32.3 Å². The van der Waals surface area contributed by atoms with Gasteiger partial charge < -0.3 is 5.11 Å². The molecule has 0 unspecified atom stereocenters. The first-order valence-electron chi connectivity index (χ1n) is 6.56. The molecule has 2 heterocycles. The molecule has 2 aromatic heterocycles. The van der Waals surface area contributed by atoms with Crippen molar-refractivity contribution in [3.8, 4) is 11.4 Å². The number of aromatic hydroxyl groups is 1. The Balaban J connectivity index is 2.28. The first-order chi connectivity index (χ1) is 10.3. The zero-order chi connectivity index (χ0) is 14.4. The average Bonchev–Trinajstić information content (AvgIpc) is 2.99. The van der Waals surface area contributed by atoms with E-state index in [1.54, 1.807) is 22.8 Å². The third-order valence-electron chi connectivity index (χ3n) is 3.59. The molecule has 102 valence electrons. The van der Waals surface area contributed by atoms with Gasteiger partial charge in [0.15, 0.2) is 0 Å². The minimum atomic E-state index is -0.0237. The van der Waals surface area contributed by atoms with E-state index in [-0.39, 0.29) is 11.3 Å². The van der Waals surface area contributed by atoms with Gasteiger partial charge in [0.2, 0.25) is 0 Å². The van der Waals surface area contributed by atoms with Crippen LogP contribution in [0.5, 0.6) is 5.75 Å². The zero-order valence-electron chi connectivity index (χ0n) is 11.0. The SMILES string of the molecule is O=c1c2sccc2c2cc(O)ccc2n1-c1ccccc1. The number of hydrogen-bond acceptors (Lipinski definition) is 3. The van der Waals surface area contributed by atoms with E-state index >= 15 is 0 Å². The summed E-state index contributed by atoms with van der Waals surface area (Å²) in [6, 6.07) is 16.6. The lowest BCUT2D eigenvalue weighted by molar-refractivity contribution is 0.476. The molecule has 0 radical (unpaired) electrons. The van der Waals surface area contributed by atoms with Crippen LogP contribution in [0.3, 0.4) is 0 Å². The summed E-state index contributed by atoms with van der Waals surface area (Å²) in [5, 5.41) is 13.5. The lowest BCUT2D eigenvalue weighted by Crippen LogP contribution is -2.18. The van der Waals surface area contributed by atoms with Crippen LogP contribution >= 0.6 is 11.3 Å². The first kappa shape index (κ1) is 12.2. The van der Waals surface area contributed by atoms with Crippen LogP contribution < -0.4 is 5.56 Å². The Morgan fingerprint density at radius 1 is 0.952 bits per heavy atom. The number of phenolic OH excluding ortho intramolecular Hbond substituents is 1. The van der Waals surface area contributed by atoms with Gasteiger partial charge in [0.25, 0.3) is 5.56 Å². The Kier molecular flexibility index (Phi) is 2.59. The Labute approximate surface area is 124 Å². The number of rotatable bonds is 1. The molecule has 21 heavy (non-hydrogen) atoms. The average molecular weight is 293 g/mol. The van der Waals surface area contributed by atoms with Gasteiger partial charge in [0, 0.05) is 16.5 Å². The molecule has 0 spiro atoms. The van der Waals surface area contributed by atoms with Crippen molar-refractivity contribution in [1.29, 1.82) is 0 Å². The topological polar surface area (TPSA) is 42.2 Å². The van der Waals surface area contributed by atoms with Crippen LogP contribution in [-0.4, -0.2) is 9.67 Å². The van der Waals surface area contributed by atoms with Crippen molar-refractivity contribution in [3.05, 3.63) is 70.3 Å². The summed E-state index contributed by atoms with van der Waals surface area (Å²) in [6.45, 7) is 0. The summed E-state index contributed by atoms with van der Waals surface area (Å²) in [6.07, 6.45) is 0. The number of aromatic nitrogens is 1. The van der Waals surface area contributed by atoms with Gasteiger partial charge in [-0.15, -0.1) is 11.3 Å². The molecule has 1 N–H and O–H groups in total. The number of thiophene rings is 1. The molecular formula is C17H11NO2S. The highest BCUT2D eigenvalue weighted by Crippen LogP contribution is 2.30. The number of fused-ring (bicyclic) bond motifs is 3. The summed E-state index contributed by atoms with van der Waals surface area (Å²) >= 11 is 1.43.